The predicted molar refractivity (Wildman–Crippen MR) is 65.8 cm³/mol. The second-order valence-corrected chi connectivity index (χ2v) is 5.21. The number of hydrogen-bond acceptors (Lipinski definition) is 1. The molecule has 0 heterocycles. The number of rotatable bonds is 3. The van der Waals surface area contributed by atoms with Crippen molar-refractivity contribution in [3.05, 3.63) is 35.6 Å². The zero-order valence-corrected chi connectivity index (χ0v) is 10.2. The van der Waals surface area contributed by atoms with E-state index in [-0.39, 0.29) is 11.2 Å². The van der Waals surface area contributed by atoms with Gasteiger partial charge in [0.15, 0.2) is 0 Å². The molecule has 2 unspecified atom stereocenters. The third kappa shape index (κ3) is 2.66. The minimum atomic E-state index is -0.211. The molecule has 0 radical (unpaired) electrons. The Hall–Kier alpha value is -1.36. The topological polar surface area (TPSA) is 23.8 Å². The lowest BCUT2D eigenvalue weighted by molar-refractivity contribution is 0.380. The Bertz CT molecular complexity index is 418. The Morgan fingerprint density at radius 3 is 2.65 bits per heavy atom. The van der Waals surface area contributed by atoms with Crippen LogP contribution in [-0.4, -0.2) is 0 Å². The Morgan fingerprint density at radius 2 is 2.12 bits per heavy atom. The molecule has 17 heavy (non-hydrogen) atoms. The van der Waals surface area contributed by atoms with E-state index in [1.165, 1.54) is 12.1 Å². The smallest absolute Gasteiger partial charge is 0.123 e. The van der Waals surface area contributed by atoms with Crippen LogP contribution < -0.4 is 0 Å². The summed E-state index contributed by atoms with van der Waals surface area (Å²) in [4.78, 5) is 0. The van der Waals surface area contributed by atoms with Gasteiger partial charge in [-0.15, -0.1) is 0 Å². The van der Waals surface area contributed by atoms with Crippen LogP contribution >= 0.6 is 0 Å². The minimum Gasteiger partial charge on any atom is -0.207 e. The highest BCUT2D eigenvalue weighted by molar-refractivity contribution is 5.21. The molecule has 90 valence electrons. The van der Waals surface area contributed by atoms with E-state index in [9.17, 15) is 9.65 Å². The van der Waals surface area contributed by atoms with Gasteiger partial charge in [0.1, 0.15) is 5.82 Å². The number of nitrogens with zero attached hydrogens (tertiary/aromatic N) is 1. The molecule has 0 amide bonds. The van der Waals surface area contributed by atoms with E-state index in [1.807, 2.05) is 0 Å². The lowest BCUT2D eigenvalue weighted by Gasteiger charge is -2.20. The molecule has 1 aromatic carbocycles. The molecule has 0 saturated heterocycles. The van der Waals surface area contributed by atoms with E-state index in [4.69, 9.17) is 0 Å². The fourth-order valence-corrected chi connectivity index (χ4v) is 2.88. The van der Waals surface area contributed by atoms with E-state index in [1.54, 1.807) is 12.1 Å². The summed E-state index contributed by atoms with van der Waals surface area (Å²) in [5.41, 5.74) is 0.864. The van der Waals surface area contributed by atoms with Crippen molar-refractivity contribution in [1.82, 2.24) is 0 Å². The average molecular weight is 231 g/mol. The predicted octanol–water partition coefficient (Wildman–Crippen LogP) is 4.09. The molecule has 1 saturated carbocycles. The summed E-state index contributed by atoms with van der Waals surface area (Å²) in [7, 11) is 0. The van der Waals surface area contributed by atoms with Crippen LogP contribution in [0.15, 0.2) is 24.3 Å². The monoisotopic (exact) mass is 231 g/mol. The van der Waals surface area contributed by atoms with Gasteiger partial charge in [-0.25, -0.2) is 4.39 Å². The van der Waals surface area contributed by atoms with E-state index in [2.05, 4.69) is 13.0 Å². The maximum atomic E-state index is 12.8. The van der Waals surface area contributed by atoms with Gasteiger partial charge < -0.3 is 0 Å². The molecule has 2 rings (SSSR count). The van der Waals surface area contributed by atoms with Crippen molar-refractivity contribution >= 4 is 0 Å². The molecule has 1 nitrogen and oxygen atoms in total. The molecule has 0 spiro atoms. The molecule has 0 aliphatic heterocycles. The van der Waals surface area contributed by atoms with Crippen LogP contribution in [-0.2, 0) is 6.42 Å². The molecular weight excluding hydrogens is 213 g/mol. The van der Waals surface area contributed by atoms with Gasteiger partial charge in [0.05, 0.1) is 11.5 Å². The maximum absolute atomic E-state index is 12.8. The van der Waals surface area contributed by atoms with Crippen LogP contribution in [0, 0.1) is 28.5 Å². The van der Waals surface area contributed by atoms with Gasteiger partial charge in [-0.1, -0.05) is 25.5 Å². The number of benzene rings is 1. The molecule has 2 atom stereocenters. The molecule has 1 fully saturated rings. The normalized spacial score (nSPS) is 27.9. The Labute approximate surface area is 102 Å². The van der Waals surface area contributed by atoms with Crippen molar-refractivity contribution in [1.29, 1.82) is 5.26 Å². The lowest BCUT2D eigenvalue weighted by Crippen LogP contribution is -2.18. The highest BCUT2D eigenvalue weighted by atomic mass is 19.1. The molecule has 0 bridgehead atoms. The van der Waals surface area contributed by atoms with Crippen molar-refractivity contribution in [3.8, 4) is 6.07 Å². The second-order valence-electron chi connectivity index (χ2n) is 5.21. The summed E-state index contributed by atoms with van der Waals surface area (Å²) in [6.45, 7) is 2.19. The molecule has 1 aliphatic carbocycles. The Morgan fingerprint density at radius 1 is 1.41 bits per heavy atom. The van der Waals surface area contributed by atoms with Crippen molar-refractivity contribution < 1.29 is 4.39 Å². The first-order chi connectivity index (χ1) is 8.17. The maximum Gasteiger partial charge on any atom is 0.123 e. The summed E-state index contributed by atoms with van der Waals surface area (Å²) < 4.78 is 12.8. The van der Waals surface area contributed by atoms with Gasteiger partial charge in [0.2, 0.25) is 0 Å². The van der Waals surface area contributed by atoms with Crippen LogP contribution in [0.25, 0.3) is 0 Å². The number of nitriles is 1. The summed E-state index contributed by atoms with van der Waals surface area (Å²) in [5, 5.41) is 9.42. The first kappa shape index (κ1) is 12.1. The van der Waals surface area contributed by atoms with Crippen LogP contribution in [0.5, 0.6) is 0 Å². The Kier molecular flexibility index (Phi) is 3.47. The van der Waals surface area contributed by atoms with Crippen molar-refractivity contribution in [2.45, 2.75) is 39.0 Å². The van der Waals surface area contributed by atoms with Gasteiger partial charge in [-0.05, 0) is 49.3 Å². The third-order valence-electron chi connectivity index (χ3n) is 3.98. The van der Waals surface area contributed by atoms with E-state index >= 15 is 0 Å². The molecular formula is C15H18FN. The average Bonchev–Trinajstić information content (AvgIpc) is 2.76. The minimum absolute atomic E-state index is 0.210. The Balaban J connectivity index is 2.11. The fraction of sp³-hybridized carbons (Fsp3) is 0.533. The largest absolute Gasteiger partial charge is 0.207 e. The van der Waals surface area contributed by atoms with Crippen LogP contribution in [0.3, 0.4) is 0 Å². The number of hydrogen-bond donors (Lipinski definition) is 0. The number of halogens is 1. The SMILES string of the molecule is CCC1CCC(C#N)(Cc2ccc(F)cc2)C1. The van der Waals surface area contributed by atoms with Gasteiger partial charge in [0.25, 0.3) is 0 Å². The van der Waals surface area contributed by atoms with Crippen LogP contribution in [0.4, 0.5) is 4.39 Å². The summed E-state index contributed by atoms with van der Waals surface area (Å²) in [5.74, 6) is 0.479. The zero-order valence-electron chi connectivity index (χ0n) is 10.2. The van der Waals surface area contributed by atoms with Crippen molar-refractivity contribution in [2.24, 2.45) is 11.3 Å². The van der Waals surface area contributed by atoms with E-state index in [0.717, 1.165) is 37.7 Å². The highest BCUT2D eigenvalue weighted by Gasteiger charge is 2.38. The molecule has 0 N–H and O–H groups in total. The van der Waals surface area contributed by atoms with Gasteiger partial charge in [-0.3, -0.25) is 0 Å². The lowest BCUT2D eigenvalue weighted by atomic mass is 9.80. The zero-order chi connectivity index (χ0) is 12.3. The van der Waals surface area contributed by atoms with Gasteiger partial charge in [0, 0.05) is 0 Å². The summed E-state index contributed by atoms with van der Waals surface area (Å²) in [6.07, 6.45) is 5.06. The second kappa shape index (κ2) is 4.87. The van der Waals surface area contributed by atoms with Crippen molar-refractivity contribution in [3.63, 3.8) is 0 Å². The van der Waals surface area contributed by atoms with Crippen LogP contribution in [0.1, 0.15) is 38.2 Å². The quantitative estimate of drug-likeness (QED) is 0.768. The van der Waals surface area contributed by atoms with Crippen molar-refractivity contribution in [2.75, 3.05) is 0 Å². The fourth-order valence-electron chi connectivity index (χ4n) is 2.88. The molecule has 0 aromatic heterocycles. The van der Waals surface area contributed by atoms with E-state index in [0.29, 0.717) is 5.92 Å². The first-order valence-electron chi connectivity index (χ1n) is 6.33. The van der Waals surface area contributed by atoms with E-state index < -0.39 is 0 Å². The molecule has 2 heteroatoms. The standard InChI is InChI=1S/C15H18FN/c1-2-12-7-8-15(9-12,11-17)10-13-3-5-14(16)6-4-13/h3-6,12H,2,7-10H2,1H3. The summed E-state index contributed by atoms with van der Waals surface area (Å²) >= 11 is 0. The van der Waals surface area contributed by atoms with Crippen LogP contribution in [0.2, 0.25) is 0 Å². The molecule has 1 aliphatic rings. The highest BCUT2D eigenvalue weighted by Crippen LogP contribution is 2.44. The molecule has 1 aromatic rings. The van der Waals surface area contributed by atoms with Gasteiger partial charge in [-0.2, -0.15) is 5.26 Å². The third-order valence-corrected chi connectivity index (χ3v) is 3.98. The summed E-state index contributed by atoms with van der Waals surface area (Å²) in [6, 6.07) is 9.07. The van der Waals surface area contributed by atoms with Gasteiger partial charge >= 0.3 is 0 Å². The first-order valence-corrected chi connectivity index (χ1v) is 6.33.